The minimum Gasteiger partial charge on any atom is -0.477 e. The Hall–Kier alpha value is -2.45. The van der Waals surface area contributed by atoms with Crippen LogP contribution in [0.5, 0.6) is 0 Å². The summed E-state index contributed by atoms with van der Waals surface area (Å²) in [6.07, 6.45) is 32.0. The van der Waals surface area contributed by atoms with Gasteiger partial charge in [0.25, 0.3) is 0 Å². The Morgan fingerprint density at radius 2 is 1.19 bits per heavy atom. The van der Waals surface area contributed by atoms with E-state index in [1.807, 2.05) is 21.1 Å². The van der Waals surface area contributed by atoms with Crippen molar-refractivity contribution in [3.63, 3.8) is 0 Å². The number of quaternary nitrogens is 1. The molecule has 0 amide bonds. The van der Waals surface area contributed by atoms with Crippen molar-refractivity contribution in [2.45, 2.75) is 154 Å². The van der Waals surface area contributed by atoms with Crippen LogP contribution in [0.15, 0.2) is 36.5 Å². The summed E-state index contributed by atoms with van der Waals surface area (Å²) in [6, 6.07) is -0.619. The molecule has 0 saturated heterocycles. The largest absolute Gasteiger partial charge is 0.477 e. The molecule has 1 N–H and O–H groups in total. The van der Waals surface area contributed by atoms with E-state index in [4.69, 9.17) is 14.2 Å². The molecule has 0 aromatic rings. The first-order valence-corrected chi connectivity index (χ1v) is 18.5. The average Bonchev–Trinajstić information content (AvgIpc) is 3.01. The fourth-order valence-corrected chi connectivity index (χ4v) is 5.12. The zero-order valence-corrected chi connectivity index (χ0v) is 30.7. The van der Waals surface area contributed by atoms with Gasteiger partial charge in [-0.2, -0.15) is 0 Å². The molecule has 0 rings (SSSR count). The van der Waals surface area contributed by atoms with E-state index in [-0.39, 0.29) is 36.2 Å². The number of ether oxygens (including phenoxy) is 3. The van der Waals surface area contributed by atoms with Gasteiger partial charge in [-0.15, -0.1) is 0 Å². The van der Waals surface area contributed by atoms with Gasteiger partial charge in [-0.05, 0) is 64.2 Å². The van der Waals surface area contributed by atoms with Crippen LogP contribution in [0.2, 0.25) is 0 Å². The van der Waals surface area contributed by atoms with Crippen molar-refractivity contribution in [2.24, 2.45) is 0 Å². The summed E-state index contributed by atoms with van der Waals surface area (Å²) in [5.74, 6) is -1.54. The number of esters is 2. The summed E-state index contributed by atoms with van der Waals surface area (Å²) in [4.78, 5) is 36.6. The molecule has 2 atom stereocenters. The predicted molar refractivity (Wildman–Crippen MR) is 192 cm³/mol. The summed E-state index contributed by atoms with van der Waals surface area (Å²) in [7, 11) is 5.49. The monoisotopic (exact) mass is 665 g/mol. The molecule has 0 radical (unpaired) electrons. The lowest BCUT2D eigenvalue weighted by Crippen LogP contribution is -2.50. The highest BCUT2D eigenvalue weighted by Gasteiger charge is 2.31. The third-order valence-corrected chi connectivity index (χ3v) is 8.02. The zero-order valence-electron chi connectivity index (χ0n) is 30.7. The number of carbonyl (C=O) groups excluding carboxylic acids is 2. The molecule has 0 aromatic heterocycles. The third kappa shape index (κ3) is 29.4. The Balaban J connectivity index is 4.49. The number of allylic oxidation sites excluding steroid dienone is 6. The lowest BCUT2D eigenvalue weighted by molar-refractivity contribution is -0.887. The molecular weight excluding hydrogens is 594 g/mol. The van der Waals surface area contributed by atoms with Crippen molar-refractivity contribution < 1.29 is 38.2 Å². The Morgan fingerprint density at radius 3 is 1.81 bits per heavy atom. The first-order chi connectivity index (χ1) is 22.6. The van der Waals surface area contributed by atoms with Gasteiger partial charge in [-0.25, -0.2) is 4.79 Å². The molecule has 8 heteroatoms. The van der Waals surface area contributed by atoms with Crippen LogP contribution in [0, 0.1) is 0 Å². The van der Waals surface area contributed by atoms with E-state index in [0.29, 0.717) is 19.3 Å². The van der Waals surface area contributed by atoms with E-state index in [1.165, 1.54) is 44.9 Å². The Labute approximate surface area is 287 Å². The fourth-order valence-electron chi connectivity index (χ4n) is 5.12. The minimum atomic E-state index is -0.884. The maximum Gasteiger partial charge on any atom is 0.362 e. The maximum atomic E-state index is 12.6. The highest BCUT2D eigenvalue weighted by atomic mass is 16.6. The molecule has 0 saturated carbocycles. The van der Waals surface area contributed by atoms with Crippen LogP contribution in [-0.2, 0) is 28.6 Å². The maximum absolute atomic E-state index is 12.6. The van der Waals surface area contributed by atoms with Gasteiger partial charge in [0.2, 0.25) is 0 Å². The molecule has 0 aromatic carbocycles. The first-order valence-electron chi connectivity index (χ1n) is 18.5. The predicted octanol–water partition coefficient (Wildman–Crippen LogP) is 9.13. The second kappa shape index (κ2) is 30.9. The number of hydrogen-bond donors (Lipinski definition) is 1. The number of aliphatic carboxylic acids is 1. The number of unbranched alkanes of at least 4 members (excludes halogenated alkanes) is 12. The number of hydrogen-bond acceptors (Lipinski definition) is 6. The van der Waals surface area contributed by atoms with Crippen LogP contribution in [-0.4, -0.2) is 80.6 Å². The number of rotatable bonds is 32. The van der Waals surface area contributed by atoms with Gasteiger partial charge in [0.05, 0.1) is 34.4 Å². The standard InChI is InChI=1S/C39H69NO7/c1-6-8-10-12-14-16-17-18-19-20-22-24-26-28-30-38(42)47-35(33-45-32-31-36(39(43)44)40(3,4)5)34-46-37(41)29-27-25-23-21-15-13-11-9-7-2/h9,11,15,19-21,35-36H,6-8,10,12-14,16-18,22-34H2,1-5H3/p+1/b11-9+,20-19+,21-15+. The van der Waals surface area contributed by atoms with E-state index in [1.54, 1.807) is 0 Å². The summed E-state index contributed by atoms with van der Waals surface area (Å²) in [6.45, 7) is 4.53. The Kier molecular flexibility index (Phi) is 29.2. The Bertz CT molecular complexity index is 875. The zero-order chi connectivity index (χ0) is 35.0. The van der Waals surface area contributed by atoms with Gasteiger partial charge in [0.1, 0.15) is 6.61 Å². The number of carboxylic acid groups (broad SMARTS) is 1. The number of nitrogens with zero attached hydrogens (tertiary/aromatic N) is 1. The Morgan fingerprint density at radius 1 is 0.660 bits per heavy atom. The van der Waals surface area contributed by atoms with E-state index in [0.717, 1.165) is 64.2 Å². The van der Waals surface area contributed by atoms with Gasteiger partial charge >= 0.3 is 17.9 Å². The third-order valence-electron chi connectivity index (χ3n) is 8.02. The van der Waals surface area contributed by atoms with Crippen molar-refractivity contribution in [1.29, 1.82) is 0 Å². The summed E-state index contributed by atoms with van der Waals surface area (Å²) >= 11 is 0. The quantitative estimate of drug-likeness (QED) is 0.0331. The molecule has 8 nitrogen and oxygen atoms in total. The molecule has 0 heterocycles. The van der Waals surface area contributed by atoms with Crippen molar-refractivity contribution in [1.82, 2.24) is 0 Å². The topological polar surface area (TPSA) is 99.1 Å². The van der Waals surface area contributed by atoms with E-state index >= 15 is 0 Å². The van der Waals surface area contributed by atoms with Crippen LogP contribution in [0.1, 0.15) is 142 Å². The molecule has 0 fully saturated rings. The number of likely N-dealkylation sites (N-methyl/N-ethyl adjacent to an activating group) is 1. The molecule has 0 bridgehead atoms. The minimum absolute atomic E-state index is 0.0449. The summed E-state index contributed by atoms with van der Waals surface area (Å²) in [5.41, 5.74) is 0. The van der Waals surface area contributed by atoms with E-state index < -0.39 is 18.1 Å². The van der Waals surface area contributed by atoms with Crippen LogP contribution in [0.4, 0.5) is 0 Å². The van der Waals surface area contributed by atoms with Gasteiger partial charge in [0.15, 0.2) is 12.1 Å². The van der Waals surface area contributed by atoms with Crippen LogP contribution in [0.3, 0.4) is 0 Å². The summed E-state index contributed by atoms with van der Waals surface area (Å²) in [5, 5.41) is 9.56. The van der Waals surface area contributed by atoms with Gasteiger partial charge in [-0.1, -0.05) is 95.2 Å². The van der Waals surface area contributed by atoms with Gasteiger partial charge in [0, 0.05) is 19.3 Å². The van der Waals surface area contributed by atoms with Crippen LogP contribution < -0.4 is 0 Å². The lowest BCUT2D eigenvalue weighted by atomic mass is 10.1. The normalized spacial score (nSPS) is 13.5. The SMILES string of the molecule is CC/C=C/C/C=C/CCCCC(=O)OCC(COCCC(C(=O)O)[N+](C)(C)C)OC(=O)CCCCC/C=C/CCCCCCCCC. The average molecular weight is 665 g/mol. The number of carboxylic acids is 1. The number of carbonyl (C=O) groups is 3. The molecule has 2 unspecified atom stereocenters. The van der Waals surface area contributed by atoms with Crippen molar-refractivity contribution in [3.8, 4) is 0 Å². The summed E-state index contributed by atoms with van der Waals surface area (Å²) < 4.78 is 17.1. The van der Waals surface area contributed by atoms with Gasteiger partial charge < -0.3 is 23.8 Å². The van der Waals surface area contributed by atoms with E-state index in [2.05, 4.69) is 50.3 Å². The van der Waals surface area contributed by atoms with Crippen molar-refractivity contribution in [2.75, 3.05) is 41.0 Å². The molecule has 272 valence electrons. The van der Waals surface area contributed by atoms with E-state index in [9.17, 15) is 19.5 Å². The molecule has 47 heavy (non-hydrogen) atoms. The second-order valence-electron chi connectivity index (χ2n) is 13.4. The smallest absolute Gasteiger partial charge is 0.362 e. The van der Waals surface area contributed by atoms with Crippen LogP contribution in [0.25, 0.3) is 0 Å². The molecule has 0 aliphatic rings. The second-order valence-corrected chi connectivity index (χ2v) is 13.4. The highest BCUT2D eigenvalue weighted by molar-refractivity contribution is 5.72. The first kappa shape index (κ1) is 44.5. The molecule has 0 aliphatic carbocycles. The van der Waals surface area contributed by atoms with Crippen molar-refractivity contribution >= 4 is 17.9 Å². The van der Waals surface area contributed by atoms with Gasteiger partial charge in [-0.3, -0.25) is 9.59 Å². The molecule has 0 spiro atoms. The molecule has 0 aliphatic heterocycles. The fraction of sp³-hybridized carbons (Fsp3) is 0.769. The highest BCUT2D eigenvalue weighted by Crippen LogP contribution is 2.12. The van der Waals surface area contributed by atoms with Crippen molar-refractivity contribution in [3.05, 3.63) is 36.5 Å². The molecular formula is C39H70NO7+. The van der Waals surface area contributed by atoms with Crippen LogP contribution >= 0.6 is 0 Å². The lowest BCUT2D eigenvalue weighted by Gasteiger charge is -2.31.